The van der Waals surface area contributed by atoms with E-state index < -0.39 is 23.7 Å². The van der Waals surface area contributed by atoms with Crippen molar-refractivity contribution < 1.29 is 18.2 Å². The lowest BCUT2D eigenvalue weighted by Gasteiger charge is -2.06. The fraction of sp³-hybridized carbons (Fsp3) is 0.600. The number of allylic oxidation sites excluding steroid dienone is 4. The molecule has 0 radical (unpaired) electrons. The fourth-order valence-electron chi connectivity index (χ4n) is 2.04. The van der Waals surface area contributed by atoms with Crippen molar-refractivity contribution in [3.8, 4) is 0 Å². The Hall–Kier alpha value is -1.26. The molecule has 0 saturated heterocycles. The molecule has 0 aliphatic heterocycles. The minimum atomic E-state index is -0.884. The summed E-state index contributed by atoms with van der Waals surface area (Å²) in [6, 6.07) is 0. The molecule has 0 aliphatic rings. The van der Waals surface area contributed by atoms with E-state index in [1.165, 1.54) is 11.1 Å². The van der Waals surface area contributed by atoms with Gasteiger partial charge in [0.05, 0.1) is 5.69 Å². The molecule has 0 atom stereocenters. The van der Waals surface area contributed by atoms with Gasteiger partial charge < -0.3 is 0 Å². The maximum atomic E-state index is 10.4. The Bertz CT molecular complexity index is 573. The van der Waals surface area contributed by atoms with Crippen molar-refractivity contribution in [3.63, 3.8) is 0 Å². The number of nitrogens with zero attached hydrogens (tertiary/aromatic N) is 3. The summed E-state index contributed by atoms with van der Waals surface area (Å²) >= 11 is 0. The van der Waals surface area contributed by atoms with Gasteiger partial charge in [-0.05, 0) is 40.0 Å². The van der Waals surface area contributed by atoms with Gasteiger partial charge in [0.25, 0.3) is 0 Å². The van der Waals surface area contributed by atoms with Gasteiger partial charge >= 0.3 is 17.4 Å². The summed E-state index contributed by atoms with van der Waals surface area (Å²) < 4.78 is 32.1. The second-order valence-corrected chi connectivity index (χ2v) is 6.35. The fourth-order valence-corrected chi connectivity index (χ4v) is 2.53. The molecule has 1 aromatic rings. The first-order valence-electron chi connectivity index (χ1n) is 7.70. The van der Waals surface area contributed by atoms with Crippen LogP contribution in [0.5, 0.6) is 0 Å². The number of aromatic nitrogens is 3. The Balaban J connectivity index is 2.41. The Morgan fingerprint density at radius 3 is 2.54 bits per heavy atom. The molecule has 9 heteroatoms. The van der Waals surface area contributed by atoms with Crippen LogP contribution in [-0.2, 0) is 31.1 Å². The molecule has 0 aromatic carbocycles. The van der Waals surface area contributed by atoms with Gasteiger partial charge in [0.15, 0.2) is 6.29 Å². The van der Waals surface area contributed by atoms with Crippen molar-refractivity contribution in [1.82, 2.24) is 15.0 Å². The van der Waals surface area contributed by atoms with Crippen LogP contribution in [0, 0.1) is 0 Å². The van der Waals surface area contributed by atoms with Gasteiger partial charge in [-0.1, -0.05) is 28.5 Å². The summed E-state index contributed by atoms with van der Waals surface area (Å²) in [4.78, 5) is 0. The lowest BCUT2D eigenvalue weighted by molar-refractivity contribution is 0.0277. The summed E-state index contributed by atoms with van der Waals surface area (Å²) in [6.45, 7) is 7.07. The molecule has 132 valence electrons. The van der Waals surface area contributed by atoms with Crippen molar-refractivity contribution >= 4 is 17.4 Å². The molecular formula is C15H23N3O4P2. The van der Waals surface area contributed by atoms with E-state index in [1.807, 2.05) is 0 Å². The first-order chi connectivity index (χ1) is 11.5. The van der Waals surface area contributed by atoms with Crippen LogP contribution in [0.1, 0.15) is 45.7 Å². The first-order valence-corrected chi connectivity index (χ1v) is 9.16. The molecule has 0 N–H and O–H groups in total. The minimum absolute atomic E-state index is 0.224. The Morgan fingerprint density at radius 1 is 1.21 bits per heavy atom. The summed E-state index contributed by atoms with van der Waals surface area (Å²) in [5, 5.41) is 8.03. The van der Waals surface area contributed by atoms with Crippen LogP contribution < -0.4 is 0 Å². The van der Waals surface area contributed by atoms with Gasteiger partial charge in [-0.25, -0.2) is 9.13 Å². The highest BCUT2D eigenvalue weighted by atomic mass is 31.1. The van der Waals surface area contributed by atoms with Gasteiger partial charge in [0.1, 0.15) is 0 Å². The van der Waals surface area contributed by atoms with Crippen LogP contribution in [0.4, 0.5) is 0 Å². The van der Waals surface area contributed by atoms with Crippen LogP contribution in [0.3, 0.4) is 0 Å². The topological polar surface area (TPSA) is 83.3 Å². The average Bonchev–Trinajstić information content (AvgIpc) is 2.95. The second-order valence-electron chi connectivity index (χ2n) is 5.63. The summed E-state index contributed by atoms with van der Waals surface area (Å²) in [6.07, 6.45) is 8.57. The van der Waals surface area contributed by atoms with Crippen molar-refractivity contribution in [2.75, 3.05) is 0 Å². The van der Waals surface area contributed by atoms with Crippen molar-refractivity contribution in [3.05, 3.63) is 35.2 Å². The molecule has 1 heterocycles. The molecule has 0 spiro atoms. The molecular weight excluding hydrogens is 348 g/mol. The maximum Gasteiger partial charge on any atom is 0.329 e. The molecule has 0 bridgehead atoms. The monoisotopic (exact) mass is 371 g/mol. The lowest BCUT2D eigenvalue weighted by atomic mass is 10.1. The van der Waals surface area contributed by atoms with Gasteiger partial charge in [-0.2, -0.15) is 0 Å². The van der Waals surface area contributed by atoms with Gasteiger partial charge in [0.2, 0.25) is 0 Å². The molecule has 1 aromatic heterocycles. The van der Waals surface area contributed by atoms with E-state index in [9.17, 15) is 9.13 Å². The Morgan fingerprint density at radius 2 is 1.92 bits per heavy atom. The first kappa shape index (κ1) is 20.8. The van der Waals surface area contributed by atoms with Crippen LogP contribution in [0.25, 0.3) is 0 Å². The van der Waals surface area contributed by atoms with Crippen LogP contribution >= 0.6 is 17.4 Å². The predicted octanol–water partition coefficient (Wildman–Crippen LogP) is 4.68. The maximum absolute atomic E-state index is 10.4. The lowest BCUT2D eigenvalue weighted by Crippen LogP contribution is -2.12. The highest BCUT2D eigenvalue weighted by Crippen LogP contribution is 2.15. The molecule has 24 heavy (non-hydrogen) atoms. The van der Waals surface area contributed by atoms with Crippen LogP contribution in [-0.4, -0.2) is 21.3 Å². The summed E-state index contributed by atoms with van der Waals surface area (Å²) in [5.74, 6) is 0. The number of hydrogen-bond donors (Lipinski definition) is 0. The SMILES string of the molecule is CC(C)=CCC/C(C)=C\CCn1cc(CC(OP=O)OP=O)nn1. The molecule has 0 amide bonds. The van der Waals surface area contributed by atoms with Gasteiger partial charge in [0, 0.05) is 19.2 Å². The zero-order chi connectivity index (χ0) is 17.8. The quantitative estimate of drug-likeness (QED) is 0.301. The van der Waals surface area contributed by atoms with E-state index in [4.69, 9.17) is 9.05 Å². The third kappa shape index (κ3) is 9.14. The van der Waals surface area contributed by atoms with Crippen LogP contribution in [0.2, 0.25) is 0 Å². The third-order valence-corrected chi connectivity index (χ3v) is 3.87. The second kappa shape index (κ2) is 12.2. The molecule has 7 nitrogen and oxygen atoms in total. The van der Waals surface area contributed by atoms with Crippen molar-refractivity contribution in [1.29, 1.82) is 0 Å². The molecule has 1 rings (SSSR count). The summed E-state index contributed by atoms with van der Waals surface area (Å²) in [5.41, 5.74) is 3.33. The highest BCUT2D eigenvalue weighted by molar-refractivity contribution is 7.18. The molecule has 0 saturated carbocycles. The summed E-state index contributed by atoms with van der Waals surface area (Å²) in [7, 11) is -1.07. The number of aryl methyl sites for hydroxylation is 1. The highest BCUT2D eigenvalue weighted by Gasteiger charge is 2.14. The molecule has 0 aliphatic carbocycles. The van der Waals surface area contributed by atoms with E-state index in [2.05, 4.69) is 43.2 Å². The van der Waals surface area contributed by atoms with Gasteiger partial charge in [-0.3, -0.25) is 13.7 Å². The minimum Gasteiger partial charge on any atom is -0.262 e. The molecule has 0 fully saturated rings. The van der Waals surface area contributed by atoms with Crippen molar-refractivity contribution in [2.24, 2.45) is 0 Å². The third-order valence-electron chi connectivity index (χ3n) is 3.23. The van der Waals surface area contributed by atoms with E-state index in [0.717, 1.165) is 25.8 Å². The van der Waals surface area contributed by atoms with E-state index in [0.29, 0.717) is 5.69 Å². The van der Waals surface area contributed by atoms with Gasteiger partial charge in [-0.15, -0.1) is 5.10 Å². The normalized spacial score (nSPS) is 13.4. The zero-order valence-corrected chi connectivity index (χ0v) is 16.0. The number of hydrogen-bond acceptors (Lipinski definition) is 6. The van der Waals surface area contributed by atoms with E-state index in [-0.39, 0.29) is 6.42 Å². The average molecular weight is 371 g/mol. The predicted molar refractivity (Wildman–Crippen MR) is 91.9 cm³/mol. The number of rotatable bonds is 12. The Kier molecular flexibility index (Phi) is 10.5. The standard InChI is InChI=1S/C15H23N3O4P2/c1-12(2)6-4-7-13(3)8-5-9-18-11-14(16-17-18)10-15(21-23-19)22-24-20/h6,8,11,15H,4-5,7,9-10H2,1-3H3/b13-8-. The van der Waals surface area contributed by atoms with E-state index in [1.54, 1.807) is 10.9 Å². The molecule has 0 unspecified atom stereocenters. The largest absolute Gasteiger partial charge is 0.329 e. The Labute approximate surface area is 145 Å². The van der Waals surface area contributed by atoms with Crippen molar-refractivity contribution in [2.45, 2.75) is 59.3 Å². The van der Waals surface area contributed by atoms with Crippen LogP contribution in [0.15, 0.2) is 29.5 Å². The van der Waals surface area contributed by atoms with E-state index >= 15 is 0 Å². The zero-order valence-electron chi connectivity index (χ0n) is 14.2. The smallest absolute Gasteiger partial charge is 0.262 e.